The minimum absolute atomic E-state index is 0.00768. The summed E-state index contributed by atoms with van der Waals surface area (Å²) in [6.07, 6.45) is 0. The summed E-state index contributed by atoms with van der Waals surface area (Å²) in [5.41, 5.74) is 0.658. The zero-order valence-corrected chi connectivity index (χ0v) is 13.0. The highest BCUT2D eigenvalue weighted by molar-refractivity contribution is 9.11. The van der Waals surface area contributed by atoms with Gasteiger partial charge in [0.1, 0.15) is 0 Å². The third kappa shape index (κ3) is 4.77. The van der Waals surface area contributed by atoms with Crippen molar-refractivity contribution >= 4 is 37.8 Å². The van der Waals surface area contributed by atoms with E-state index in [4.69, 9.17) is 4.74 Å². The van der Waals surface area contributed by atoms with Crippen molar-refractivity contribution in [2.45, 2.75) is 6.92 Å². The molecule has 1 aromatic carbocycles. The molecule has 3 nitrogen and oxygen atoms in total. The largest absolute Gasteiger partial charge is 0.380 e. The first kappa shape index (κ1) is 14.7. The minimum Gasteiger partial charge on any atom is -0.380 e. The molecule has 1 rings (SSSR count). The van der Waals surface area contributed by atoms with Crippen LogP contribution in [-0.4, -0.2) is 37.6 Å². The monoisotopic (exact) mass is 363 g/mol. The summed E-state index contributed by atoms with van der Waals surface area (Å²) in [7, 11) is 1.77. The smallest absolute Gasteiger partial charge is 0.253 e. The number of likely N-dealkylation sites (N-methyl/N-ethyl adjacent to an activating group) is 1. The molecule has 0 aliphatic rings. The summed E-state index contributed by atoms with van der Waals surface area (Å²) in [5.74, 6) is -0.00768. The molecule has 0 bridgehead atoms. The minimum atomic E-state index is -0.00768. The molecule has 0 aliphatic heterocycles. The van der Waals surface area contributed by atoms with Crippen LogP contribution in [0, 0.1) is 0 Å². The van der Waals surface area contributed by atoms with Gasteiger partial charge >= 0.3 is 0 Å². The number of amides is 1. The van der Waals surface area contributed by atoms with Crippen molar-refractivity contribution in [2.75, 3.05) is 26.8 Å². The maximum Gasteiger partial charge on any atom is 0.253 e. The number of nitrogens with zero attached hydrogens (tertiary/aromatic N) is 1. The van der Waals surface area contributed by atoms with E-state index in [2.05, 4.69) is 31.9 Å². The number of carbonyl (C=O) groups is 1. The van der Waals surface area contributed by atoms with E-state index >= 15 is 0 Å². The molecule has 94 valence electrons. The highest BCUT2D eigenvalue weighted by atomic mass is 79.9. The average molecular weight is 365 g/mol. The highest BCUT2D eigenvalue weighted by Gasteiger charge is 2.12. The summed E-state index contributed by atoms with van der Waals surface area (Å²) in [5, 5.41) is 0. The number of hydrogen-bond acceptors (Lipinski definition) is 2. The second-order valence-electron chi connectivity index (χ2n) is 3.58. The molecule has 0 radical (unpaired) electrons. The van der Waals surface area contributed by atoms with Crippen molar-refractivity contribution in [1.29, 1.82) is 0 Å². The van der Waals surface area contributed by atoms with E-state index in [0.29, 0.717) is 25.3 Å². The Labute approximate surface area is 118 Å². The van der Waals surface area contributed by atoms with Gasteiger partial charge in [-0.15, -0.1) is 0 Å². The van der Waals surface area contributed by atoms with E-state index in [0.717, 1.165) is 8.95 Å². The first-order chi connectivity index (χ1) is 8.04. The summed E-state index contributed by atoms with van der Waals surface area (Å²) < 4.78 is 6.99. The van der Waals surface area contributed by atoms with E-state index in [-0.39, 0.29) is 5.91 Å². The molecule has 1 aromatic rings. The Bertz CT molecular complexity index is 376. The Morgan fingerprint density at radius 2 is 1.88 bits per heavy atom. The van der Waals surface area contributed by atoms with E-state index in [9.17, 15) is 4.79 Å². The van der Waals surface area contributed by atoms with Crippen LogP contribution < -0.4 is 0 Å². The fourth-order valence-electron chi connectivity index (χ4n) is 1.35. The van der Waals surface area contributed by atoms with Crippen LogP contribution in [0.2, 0.25) is 0 Å². The lowest BCUT2D eigenvalue weighted by molar-refractivity contribution is 0.0710. The van der Waals surface area contributed by atoms with Gasteiger partial charge in [-0.1, -0.05) is 31.9 Å². The Kier molecular flexibility index (Phi) is 6.16. The van der Waals surface area contributed by atoms with Crippen molar-refractivity contribution in [3.8, 4) is 0 Å². The normalized spacial score (nSPS) is 10.4. The lowest BCUT2D eigenvalue weighted by Gasteiger charge is -2.17. The molecule has 5 heteroatoms. The third-order valence-electron chi connectivity index (χ3n) is 2.23. The number of halogens is 2. The molecular formula is C12H15Br2NO2. The van der Waals surface area contributed by atoms with Crippen LogP contribution in [0.3, 0.4) is 0 Å². The first-order valence-corrected chi connectivity index (χ1v) is 6.92. The van der Waals surface area contributed by atoms with Gasteiger partial charge in [-0.2, -0.15) is 0 Å². The molecule has 0 N–H and O–H groups in total. The van der Waals surface area contributed by atoms with E-state index in [1.165, 1.54) is 0 Å². The topological polar surface area (TPSA) is 29.5 Å². The molecular weight excluding hydrogens is 350 g/mol. The number of rotatable bonds is 5. The maximum atomic E-state index is 12.1. The van der Waals surface area contributed by atoms with Crippen LogP contribution in [0.5, 0.6) is 0 Å². The number of hydrogen-bond donors (Lipinski definition) is 0. The van der Waals surface area contributed by atoms with Crippen LogP contribution >= 0.6 is 31.9 Å². The van der Waals surface area contributed by atoms with Crippen molar-refractivity contribution in [3.63, 3.8) is 0 Å². The number of ether oxygens (including phenoxy) is 1. The number of carbonyl (C=O) groups excluding carboxylic acids is 1. The molecule has 0 saturated heterocycles. The van der Waals surface area contributed by atoms with Gasteiger partial charge in [0.15, 0.2) is 0 Å². The predicted octanol–water partition coefficient (Wildman–Crippen LogP) is 3.32. The first-order valence-electron chi connectivity index (χ1n) is 5.34. The zero-order valence-electron chi connectivity index (χ0n) is 9.87. The second-order valence-corrected chi connectivity index (χ2v) is 5.41. The quantitative estimate of drug-likeness (QED) is 0.750. The van der Waals surface area contributed by atoms with Gasteiger partial charge in [-0.05, 0) is 25.1 Å². The van der Waals surface area contributed by atoms with Gasteiger partial charge in [0, 0.05) is 34.7 Å². The molecule has 0 saturated carbocycles. The van der Waals surface area contributed by atoms with Gasteiger partial charge in [0.2, 0.25) is 0 Å². The van der Waals surface area contributed by atoms with Crippen molar-refractivity contribution in [3.05, 3.63) is 32.7 Å². The Hall–Kier alpha value is -0.390. The molecule has 0 aromatic heterocycles. The highest BCUT2D eigenvalue weighted by Crippen LogP contribution is 2.20. The SMILES string of the molecule is CCOCCN(C)C(=O)c1cc(Br)cc(Br)c1. The maximum absolute atomic E-state index is 12.1. The van der Waals surface area contributed by atoms with E-state index < -0.39 is 0 Å². The molecule has 0 fully saturated rings. The number of benzene rings is 1. The summed E-state index contributed by atoms with van der Waals surface area (Å²) in [6.45, 7) is 3.77. The van der Waals surface area contributed by atoms with Crippen LogP contribution in [0.4, 0.5) is 0 Å². The van der Waals surface area contributed by atoms with Gasteiger partial charge in [0.05, 0.1) is 6.61 Å². The van der Waals surface area contributed by atoms with Gasteiger partial charge in [-0.25, -0.2) is 0 Å². The van der Waals surface area contributed by atoms with Crippen molar-refractivity contribution in [1.82, 2.24) is 4.90 Å². The lowest BCUT2D eigenvalue weighted by Crippen LogP contribution is -2.30. The Morgan fingerprint density at radius 1 is 1.29 bits per heavy atom. The van der Waals surface area contributed by atoms with Crippen LogP contribution in [0.25, 0.3) is 0 Å². The lowest BCUT2D eigenvalue weighted by atomic mass is 10.2. The van der Waals surface area contributed by atoms with Crippen LogP contribution in [0.1, 0.15) is 17.3 Å². The van der Waals surface area contributed by atoms with Gasteiger partial charge in [0.25, 0.3) is 5.91 Å². The van der Waals surface area contributed by atoms with Crippen molar-refractivity contribution < 1.29 is 9.53 Å². The van der Waals surface area contributed by atoms with E-state index in [1.807, 2.05) is 25.1 Å². The average Bonchev–Trinajstić information content (AvgIpc) is 2.27. The Morgan fingerprint density at radius 3 is 2.41 bits per heavy atom. The molecule has 0 unspecified atom stereocenters. The van der Waals surface area contributed by atoms with Crippen molar-refractivity contribution in [2.24, 2.45) is 0 Å². The van der Waals surface area contributed by atoms with Crippen LogP contribution in [-0.2, 0) is 4.74 Å². The zero-order chi connectivity index (χ0) is 12.8. The molecule has 1 amide bonds. The summed E-state index contributed by atoms with van der Waals surface area (Å²) in [4.78, 5) is 13.7. The van der Waals surface area contributed by atoms with Crippen LogP contribution in [0.15, 0.2) is 27.1 Å². The second kappa shape index (κ2) is 7.13. The summed E-state index contributed by atoms with van der Waals surface area (Å²) in [6, 6.07) is 5.52. The third-order valence-corrected chi connectivity index (χ3v) is 3.15. The molecule has 17 heavy (non-hydrogen) atoms. The standard InChI is InChI=1S/C12H15Br2NO2/c1-3-17-5-4-15(2)12(16)9-6-10(13)8-11(14)7-9/h6-8H,3-5H2,1-2H3. The fourth-order valence-corrected chi connectivity index (χ4v) is 2.64. The molecule has 0 heterocycles. The molecule has 0 spiro atoms. The Balaban J connectivity index is 2.68. The fraction of sp³-hybridized carbons (Fsp3) is 0.417. The summed E-state index contributed by atoms with van der Waals surface area (Å²) >= 11 is 6.74. The van der Waals surface area contributed by atoms with Gasteiger partial charge < -0.3 is 9.64 Å². The predicted molar refractivity (Wildman–Crippen MR) is 75.3 cm³/mol. The van der Waals surface area contributed by atoms with E-state index in [1.54, 1.807) is 11.9 Å². The molecule has 0 aliphatic carbocycles. The van der Waals surface area contributed by atoms with Gasteiger partial charge in [-0.3, -0.25) is 4.79 Å². The molecule has 0 atom stereocenters.